The van der Waals surface area contributed by atoms with Gasteiger partial charge in [0.2, 0.25) is 11.7 Å². The van der Waals surface area contributed by atoms with Crippen molar-refractivity contribution in [1.82, 2.24) is 25.7 Å². The van der Waals surface area contributed by atoms with Crippen LogP contribution < -0.4 is 10.6 Å². The maximum atomic E-state index is 5.93. The van der Waals surface area contributed by atoms with Crippen LogP contribution in [0.15, 0.2) is 33.8 Å². The number of aliphatic imine (C=N–C) groups is 1. The smallest absolute Gasteiger partial charge is 0.228 e. The lowest BCUT2D eigenvalue weighted by molar-refractivity contribution is 0.150. The largest absolute Gasteiger partial charge is 0.356 e. The molecule has 2 aliphatic rings. The fraction of sp³-hybridized carbons (Fsp3) is 0.591. The molecule has 8 heteroatoms. The lowest BCUT2D eigenvalue weighted by Crippen LogP contribution is -2.50. The predicted molar refractivity (Wildman–Crippen MR) is 120 cm³/mol. The summed E-state index contributed by atoms with van der Waals surface area (Å²) < 4.78 is 5.38. The van der Waals surface area contributed by atoms with E-state index < -0.39 is 0 Å². The Morgan fingerprint density at radius 3 is 2.60 bits per heavy atom. The number of nitrogens with one attached hydrogen (secondary N) is 2. The van der Waals surface area contributed by atoms with Crippen molar-refractivity contribution in [2.24, 2.45) is 4.99 Å². The second-order valence-electron chi connectivity index (χ2n) is 8.16. The minimum Gasteiger partial charge on any atom is -0.356 e. The molecule has 0 unspecified atom stereocenters. The molecule has 1 aromatic carbocycles. The fourth-order valence-corrected chi connectivity index (χ4v) is 4.55. The van der Waals surface area contributed by atoms with E-state index in [1.165, 1.54) is 51.6 Å². The minimum absolute atomic E-state index is 0.480. The predicted octanol–water partition coefficient (Wildman–Crippen LogP) is 3.50. The fourth-order valence-electron chi connectivity index (χ4n) is 4.43. The van der Waals surface area contributed by atoms with Crippen LogP contribution in [0.5, 0.6) is 0 Å². The quantitative estimate of drug-likeness (QED) is 0.539. The van der Waals surface area contributed by atoms with Crippen molar-refractivity contribution in [3.05, 3.63) is 35.2 Å². The summed E-state index contributed by atoms with van der Waals surface area (Å²) in [7, 11) is 1.81. The van der Waals surface area contributed by atoms with Crippen LogP contribution in [-0.4, -0.2) is 59.8 Å². The van der Waals surface area contributed by atoms with E-state index in [1.54, 1.807) is 0 Å². The SMILES string of the molecule is CN=C(NCCc1nc(-c2ccc(Cl)cc2)no1)NC1CCN(C2CCCC2)CC1. The van der Waals surface area contributed by atoms with Crippen LogP contribution in [0.2, 0.25) is 5.02 Å². The van der Waals surface area contributed by atoms with E-state index in [0.29, 0.717) is 35.7 Å². The van der Waals surface area contributed by atoms with E-state index in [0.717, 1.165) is 17.6 Å². The normalized spacial score (nSPS) is 19.3. The lowest BCUT2D eigenvalue weighted by atomic mass is 10.0. The monoisotopic (exact) mass is 430 g/mol. The summed E-state index contributed by atoms with van der Waals surface area (Å²) in [5.74, 6) is 2.03. The average Bonchev–Trinajstić information content (AvgIpc) is 3.47. The Hall–Kier alpha value is -2.12. The number of halogens is 1. The molecule has 0 atom stereocenters. The first-order valence-electron chi connectivity index (χ1n) is 11.0. The number of hydrogen-bond donors (Lipinski definition) is 2. The molecule has 2 N–H and O–H groups in total. The Balaban J connectivity index is 1.19. The Bertz CT molecular complexity index is 822. The third-order valence-electron chi connectivity index (χ3n) is 6.14. The first-order valence-corrected chi connectivity index (χ1v) is 11.4. The second kappa shape index (κ2) is 10.3. The van der Waals surface area contributed by atoms with Gasteiger partial charge < -0.3 is 20.1 Å². The number of likely N-dealkylation sites (tertiary alicyclic amines) is 1. The molecule has 0 radical (unpaired) electrons. The minimum atomic E-state index is 0.480. The highest BCUT2D eigenvalue weighted by Crippen LogP contribution is 2.26. The molecule has 0 spiro atoms. The van der Waals surface area contributed by atoms with E-state index in [4.69, 9.17) is 16.1 Å². The van der Waals surface area contributed by atoms with E-state index >= 15 is 0 Å². The molecule has 2 heterocycles. The molecular weight excluding hydrogens is 400 g/mol. The Morgan fingerprint density at radius 2 is 1.90 bits per heavy atom. The van der Waals surface area contributed by atoms with Gasteiger partial charge in [-0.2, -0.15) is 4.98 Å². The summed E-state index contributed by atoms with van der Waals surface area (Å²) in [5.41, 5.74) is 0.892. The Kier molecular flexibility index (Phi) is 7.23. The number of nitrogens with zero attached hydrogens (tertiary/aromatic N) is 4. The molecule has 162 valence electrons. The maximum absolute atomic E-state index is 5.93. The number of benzene rings is 1. The second-order valence-corrected chi connectivity index (χ2v) is 8.60. The van der Waals surface area contributed by atoms with Crippen molar-refractivity contribution in [1.29, 1.82) is 0 Å². The molecule has 1 aromatic heterocycles. The van der Waals surface area contributed by atoms with Crippen molar-refractivity contribution in [3.63, 3.8) is 0 Å². The van der Waals surface area contributed by atoms with Crippen molar-refractivity contribution >= 4 is 17.6 Å². The van der Waals surface area contributed by atoms with Crippen LogP contribution in [0.25, 0.3) is 11.4 Å². The Morgan fingerprint density at radius 1 is 1.17 bits per heavy atom. The molecular formula is C22H31ClN6O. The van der Waals surface area contributed by atoms with Gasteiger partial charge in [-0.3, -0.25) is 4.99 Å². The topological polar surface area (TPSA) is 78.6 Å². The van der Waals surface area contributed by atoms with Gasteiger partial charge in [0.1, 0.15) is 0 Å². The van der Waals surface area contributed by atoms with E-state index in [9.17, 15) is 0 Å². The zero-order valence-electron chi connectivity index (χ0n) is 17.6. The average molecular weight is 431 g/mol. The number of rotatable bonds is 6. The molecule has 0 bridgehead atoms. The van der Waals surface area contributed by atoms with E-state index in [1.807, 2.05) is 31.3 Å². The highest BCUT2D eigenvalue weighted by molar-refractivity contribution is 6.30. The number of hydrogen-bond acceptors (Lipinski definition) is 5. The van der Waals surface area contributed by atoms with Crippen LogP contribution >= 0.6 is 11.6 Å². The molecule has 30 heavy (non-hydrogen) atoms. The summed E-state index contributed by atoms with van der Waals surface area (Å²) in [6.45, 7) is 3.06. The molecule has 0 amide bonds. The summed E-state index contributed by atoms with van der Waals surface area (Å²) in [4.78, 5) is 11.5. The van der Waals surface area contributed by atoms with Crippen LogP contribution in [0.4, 0.5) is 0 Å². The van der Waals surface area contributed by atoms with Gasteiger partial charge in [-0.1, -0.05) is 29.6 Å². The van der Waals surface area contributed by atoms with Crippen LogP contribution in [-0.2, 0) is 6.42 Å². The first kappa shape index (κ1) is 21.1. The molecule has 2 fully saturated rings. The van der Waals surface area contributed by atoms with Gasteiger partial charge in [0, 0.05) is 55.8 Å². The molecule has 1 saturated carbocycles. The number of aromatic nitrogens is 2. The zero-order chi connectivity index (χ0) is 20.8. The van der Waals surface area contributed by atoms with Gasteiger partial charge in [0.15, 0.2) is 5.96 Å². The van der Waals surface area contributed by atoms with Gasteiger partial charge in [0.05, 0.1) is 0 Å². The van der Waals surface area contributed by atoms with Crippen molar-refractivity contribution in [2.45, 2.75) is 57.0 Å². The van der Waals surface area contributed by atoms with Crippen LogP contribution in [0.1, 0.15) is 44.4 Å². The van der Waals surface area contributed by atoms with Crippen molar-refractivity contribution in [2.75, 3.05) is 26.7 Å². The molecule has 7 nitrogen and oxygen atoms in total. The van der Waals surface area contributed by atoms with Crippen molar-refractivity contribution in [3.8, 4) is 11.4 Å². The lowest BCUT2D eigenvalue weighted by Gasteiger charge is -2.36. The van der Waals surface area contributed by atoms with Gasteiger partial charge in [0.25, 0.3) is 0 Å². The molecule has 1 aliphatic carbocycles. The molecule has 2 aromatic rings. The van der Waals surface area contributed by atoms with E-state index in [2.05, 4.69) is 30.7 Å². The standard InChI is InChI=1S/C22H31ClN6O/c1-24-22(26-18-11-14-29(15-12-18)19-4-2-3-5-19)25-13-10-20-27-21(28-30-20)16-6-8-17(23)9-7-16/h6-9,18-19H,2-5,10-15H2,1H3,(H2,24,25,26). The maximum Gasteiger partial charge on any atom is 0.228 e. The van der Waals surface area contributed by atoms with Gasteiger partial charge in [-0.15, -0.1) is 0 Å². The molecule has 1 aliphatic heterocycles. The highest BCUT2D eigenvalue weighted by Gasteiger charge is 2.27. The number of guanidine groups is 1. The summed E-state index contributed by atoms with van der Waals surface area (Å²) >= 11 is 5.93. The highest BCUT2D eigenvalue weighted by atomic mass is 35.5. The summed E-state index contributed by atoms with van der Waals surface area (Å²) in [5, 5.41) is 11.7. The van der Waals surface area contributed by atoms with Gasteiger partial charge >= 0.3 is 0 Å². The third-order valence-corrected chi connectivity index (χ3v) is 6.39. The molecule has 4 rings (SSSR count). The Labute approximate surface area is 183 Å². The zero-order valence-corrected chi connectivity index (χ0v) is 18.4. The number of piperidine rings is 1. The first-order chi connectivity index (χ1) is 14.7. The molecule has 1 saturated heterocycles. The van der Waals surface area contributed by atoms with Crippen LogP contribution in [0.3, 0.4) is 0 Å². The van der Waals surface area contributed by atoms with Gasteiger partial charge in [-0.05, 0) is 49.9 Å². The summed E-state index contributed by atoms with van der Waals surface area (Å²) in [6.07, 6.45) is 8.56. The van der Waals surface area contributed by atoms with Gasteiger partial charge in [-0.25, -0.2) is 0 Å². The third kappa shape index (κ3) is 5.52. The van der Waals surface area contributed by atoms with Crippen molar-refractivity contribution < 1.29 is 4.52 Å². The summed E-state index contributed by atoms with van der Waals surface area (Å²) in [6, 6.07) is 8.73. The van der Waals surface area contributed by atoms with Crippen LogP contribution in [0, 0.1) is 0 Å². The van der Waals surface area contributed by atoms with E-state index in [-0.39, 0.29) is 0 Å².